The van der Waals surface area contributed by atoms with Crippen LogP contribution in [0.25, 0.3) is 3.70 Å². The molecular weight excluding hydrogens is 599 g/mol. The van der Waals surface area contributed by atoms with Crippen LogP contribution in [0.4, 0.5) is 0 Å². The number of nitrogens with one attached hydrogen (secondary N) is 2. The number of nitrogens with zero attached hydrogens (tertiary/aromatic N) is 2. The second kappa shape index (κ2) is 11.4. The molecule has 0 aliphatic carbocycles. The van der Waals surface area contributed by atoms with Crippen LogP contribution in [0, 0.1) is 20.8 Å². The van der Waals surface area contributed by atoms with Gasteiger partial charge in [0.25, 0.3) is 0 Å². The summed E-state index contributed by atoms with van der Waals surface area (Å²) in [5.41, 5.74) is 4.21. The molecule has 0 amide bonds. The summed E-state index contributed by atoms with van der Waals surface area (Å²) in [6, 6.07) is 18.0. The quantitative estimate of drug-likeness (QED) is 0.280. The fourth-order valence-electron chi connectivity index (χ4n) is 4.25. The molecule has 3 aromatic rings. The number of methoxy groups -OCH3 is 1. The second-order valence-electron chi connectivity index (χ2n) is 9.17. The fraction of sp³-hybridized carbons (Fsp3) is 0.286. The lowest BCUT2D eigenvalue weighted by Crippen LogP contribution is -2.36. The van der Waals surface area contributed by atoms with Crippen molar-refractivity contribution in [3.63, 3.8) is 0 Å². The highest BCUT2D eigenvalue weighted by Crippen LogP contribution is 2.30. The molecule has 1 aliphatic rings. The van der Waals surface area contributed by atoms with E-state index in [1.165, 1.54) is 8.92 Å². The minimum Gasteiger partial charge on any atom is -0.496 e. The standard InChI is InChI=1S/C28H33IN4O3S/c1-18-15-25(36-6)19(2)20(3)26(18)37(34,35)31-17-22-13-11-21(12-14-22)16-30-28-29-27(33(4)5)23-9-7-8-10-24(23)32-28/h7-15,31H,16-17H2,1-6H3,(H,30,32). The third-order valence-corrected chi connectivity index (χ3v) is 11.2. The van der Waals surface area contributed by atoms with Crippen molar-refractivity contribution >= 4 is 38.2 Å². The molecule has 7 nitrogen and oxygen atoms in total. The van der Waals surface area contributed by atoms with E-state index in [-0.39, 0.29) is 6.54 Å². The number of fused-ring (bicyclic) bond motifs is 1. The maximum atomic E-state index is 13.1. The SMILES string of the molecule is COc1cc(C)c(S(=O)(=O)NCc2ccc(CNC3=IC(N(C)C)=c4ccccc4=N3)cc2)c(C)c1C. The Balaban J connectivity index is 1.42. The summed E-state index contributed by atoms with van der Waals surface area (Å²) >= 11 is -0.408. The van der Waals surface area contributed by atoms with Crippen molar-refractivity contribution in [1.29, 1.82) is 0 Å². The van der Waals surface area contributed by atoms with Crippen LogP contribution < -0.4 is 25.4 Å². The zero-order valence-corrected chi connectivity index (χ0v) is 25.0. The van der Waals surface area contributed by atoms with Crippen molar-refractivity contribution in [3.05, 3.63) is 93.0 Å². The zero-order valence-electron chi connectivity index (χ0n) is 22.0. The van der Waals surface area contributed by atoms with Crippen molar-refractivity contribution in [1.82, 2.24) is 14.9 Å². The fourth-order valence-corrected chi connectivity index (χ4v) is 8.27. The number of sulfonamides is 1. The molecule has 4 rings (SSSR count). The normalized spacial score (nSPS) is 13.2. The smallest absolute Gasteiger partial charge is 0.241 e. The Kier molecular flexibility index (Phi) is 8.47. The average Bonchev–Trinajstić information content (AvgIpc) is 2.88. The van der Waals surface area contributed by atoms with Crippen molar-refractivity contribution in [2.75, 3.05) is 21.2 Å². The molecule has 3 aromatic carbocycles. The van der Waals surface area contributed by atoms with Crippen LogP contribution >= 0.6 is 20.7 Å². The van der Waals surface area contributed by atoms with E-state index in [2.05, 4.69) is 47.2 Å². The van der Waals surface area contributed by atoms with Crippen LogP contribution in [0.5, 0.6) is 5.75 Å². The predicted octanol–water partition coefficient (Wildman–Crippen LogP) is 3.21. The molecule has 0 bridgehead atoms. The van der Waals surface area contributed by atoms with Gasteiger partial charge in [-0.25, -0.2) is 18.1 Å². The molecule has 9 heteroatoms. The summed E-state index contributed by atoms with van der Waals surface area (Å²) in [4.78, 5) is 7.36. The Morgan fingerprint density at radius 1 is 0.946 bits per heavy atom. The first-order valence-electron chi connectivity index (χ1n) is 11.9. The topological polar surface area (TPSA) is 83.0 Å². The molecule has 0 saturated heterocycles. The van der Waals surface area contributed by atoms with E-state index in [0.717, 1.165) is 25.8 Å². The Morgan fingerprint density at radius 3 is 2.24 bits per heavy atom. The Hall–Kier alpha value is -2.60. The maximum Gasteiger partial charge on any atom is 0.241 e. The first-order chi connectivity index (χ1) is 17.6. The van der Waals surface area contributed by atoms with Gasteiger partial charge in [-0.3, -0.25) is 5.32 Å². The highest BCUT2D eigenvalue weighted by atomic mass is 127. The number of halogens is 1. The van der Waals surface area contributed by atoms with Crippen molar-refractivity contribution < 1.29 is 13.2 Å². The number of hydrogen-bond donors (Lipinski definition) is 2. The molecule has 0 fully saturated rings. The molecule has 2 N–H and O–H groups in total. The van der Waals surface area contributed by atoms with Gasteiger partial charge in [-0.2, -0.15) is 0 Å². The lowest BCUT2D eigenvalue weighted by atomic mass is 10.1. The molecule has 196 valence electrons. The van der Waals surface area contributed by atoms with E-state index in [1.807, 2.05) is 44.2 Å². The summed E-state index contributed by atoms with van der Waals surface area (Å²) in [5, 5.41) is 5.73. The summed E-state index contributed by atoms with van der Waals surface area (Å²) in [6.45, 7) is 6.37. The molecule has 0 atom stereocenters. The highest BCUT2D eigenvalue weighted by molar-refractivity contribution is 14.2. The molecule has 0 spiro atoms. The summed E-state index contributed by atoms with van der Waals surface area (Å²) in [7, 11) is 2.08. The predicted molar refractivity (Wildman–Crippen MR) is 158 cm³/mol. The van der Waals surface area contributed by atoms with Gasteiger partial charge in [0.1, 0.15) is 9.51 Å². The van der Waals surface area contributed by atoms with Crippen molar-refractivity contribution in [3.8, 4) is 5.75 Å². The van der Waals surface area contributed by atoms with Crippen LogP contribution in [0.1, 0.15) is 27.8 Å². The third-order valence-electron chi connectivity index (χ3n) is 6.31. The molecule has 0 unspecified atom stereocenters. The lowest BCUT2D eigenvalue weighted by molar-refractivity contribution is 0.410. The minimum atomic E-state index is -3.68. The Morgan fingerprint density at radius 2 is 1.59 bits per heavy atom. The van der Waals surface area contributed by atoms with Gasteiger partial charge in [0.15, 0.2) is 0 Å². The molecular formula is C28H33IN4O3S. The van der Waals surface area contributed by atoms with E-state index in [1.54, 1.807) is 20.1 Å². The van der Waals surface area contributed by atoms with E-state index >= 15 is 0 Å². The van der Waals surface area contributed by atoms with Gasteiger partial charge in [0.05, 0.1) is 21.1 Å². The van der Waals surface area contributed by atoms with Crippen molar-refractivity contribution in [2.45, 2.75) is 38.8 Å². The minimum absolute atomic E-state index is 0.218. The van der Waals surface area contributed by atoms with Crippen molar-refractivity contribution in [2.24, 2.45) is 4.99 Å². The molecule has 0 aromatic heterocycles. The van der Waals surface area contributed by atoms with Gasteiger partial charge in [-0.15, -0.1) is 0 Å². The monoisotopic (exact) mass is 632 g/mol. The van der Waals surface area contributed by atoms with E-state index in [0.29, 0.717) is 28.3 Å². The maximum absolute atomic E-state index is 13.1. The van der Waals surface area contributed by atoms with E-state index in [9.17, 15) is 8.42 Å². The molecule has 1 heterocycles. The van der Waals surface area contributed by atoms with Crippen LogP contribution in [0.15, 0.2) is 64.5 Å². The van der Waals surface area contributed by atoms with Crippen LogP contribution in [0.2, 0.25) is 0 Å². The van der Waals surface area contributed by atoms with Crippen LogP contribution in [0.3, 0.4) is 0 Å². The third kappa shape index (κ3) is 6.11. The summed E-state index contributed by atoms with van der Waals surface area (Å²) < 4.78 is 36.8. The van der Waals surface area contributed by atoms with Gasteiger partial charge in [-0.05, 0) is 81.5 Å². The van der Waals surface area contributed by atoms with Gasteiger partial charge in [0.2, 0.25) is 10.0 Å². The van der Waals surface area contributed by atoms with Gasteiger partial charge < -0.3 is 9.64 Å². The van der Waals surface area contributed by atoms with Crippen LogP contribution in [-0.2, 0) is 23.1 Å². The van der Waals surface area contributed by atoms with Gasteiger partial charge >= 0.3 is 0 Å². The molecule has 0 saturated carbocycles. The Bertz CT molecular complexity index is 1580. The molecule has 37 heavy (non-hydrogen) atoms. The number of para-hydroxylation sites is 1. The van der Waals surface area contributed by atoms with Crippen LogP contribution in [-0.4, -0.2) is 38.3 Å². The first kappa shape index (κ1) is 27.4. The lowest BCUT2D eigenvalue weighted by Gasteiger charge is -2.17. The average molecular weight is 633 g/mol. The largest absolute Gasteiger partial charge is 0.496 e. The number of benzene rings is 3. The number of rotatable bonds is 9. The van der Waals surface area contributed by atoms with Gasteiger partial charge in [0, 0.05) is 32.4 Å². The number of hydrogen-bond acceptors (Lipinski definition) is 6. The Labute approximate surface area is 229 Å². The summed E-state index contributed by atoms with van der Waals surface area (Å²) in [5.74, 6) is 0.694. The molecule has 0 radical (unpaired) electrons. The van der Waals surface area contributed by atoms with E-state index in [4.69, 9.17) is 9.73 Å². The second-order valence-corrected chi connectivity index (χ2v) is 13.5. The molecule has 1 aliphatic heterocycles. The zero-order chi connectivity index (χ0) is 26.7. The van der Waals surface area contributed by atoms with E-state index < -0.39 is 30.8 Å². The number of ether oxygens (including phenoxy) is 1. The number of aryl methyl sites for hydroxylation is 1. The highest BCUT2D eigenvalue weighted by Gasteiger charge is 2.22. The van der Waals surface area contributed by atoms with Gasteiger partial charge in [-0.1, -0.05) is 42.5 Å². The first-order valence-corrected chi connectivity index (χ1v) is 15.6. The summed E-state index contributed by atoms with van der Waals surface area (Å²) in [6.07, 6.45) is 0.